The van der Waals surface area contributed by atoms with Crippen molar-refractivity contribution in [2.75, 3.05) is 31.1 Å². The maximum atomic E-state index is 4.63. The first-order valence-corrected chi connectivity index (χ1v) is 9.02. The van der Waals surface area contributed by atoms with Crippen molar-refractivity contribution in [3.05, 3.63) is 66.5 Å². The van der Waals surface area contributed by atoms with Crippen LogP contribution >= 0.6 is 0 Å². The van der Waals surface area contributed by atoms with Gasteiger partial charge in [-0.2, -0.15) is 0 Å². The fourth-order valence-electron chi connectivity index (χ4n) is 3.11. The van der Waals surface area contributed by atoms with Gasteiger partial charge in [-0.15, -0.1) is 0 Å². The van der Waals surface area contributed by atoms with Gasteiger partial charge in [0.15, 0.2) is 0 Å². The highest BCUT2D eigenvalue weighted by atomic mass is 15.2. The summed E-state index contributed by atoms with van der Waals surface area (Å²) in [5, 5.41) is 1.11. The van der Waals surface area contributed by atoms with Gasteiger partial charge in [-0.3, -0.25) is 0 Å². The first kappa shape index (κ1) is 17.4. The largest absolute Gasteiger partial charge is 0.350 e. The molecular formula is C21H26N4. The molecule has 0 aliphatic heterocycles. The minimum Gasteiger partial charge on any atom is -0.350 e. The molecule has 25 heavy (non-hydrogen) atoms. The normalized spacial score (nSPS) is 11.2. The van der Waals surface area contributed by atoms with Gasteiger partial charge in [-0.05, 0) is 30.8 Å². The molecule has 0 atom stereocenters. The number of para-hydroxylation sites is 1. The quantitative estimate of drug-likeness (QED) is 0.624. The predicted molar refractivity (Wildman–Crippen MR) is 105 cm³/mol. The molecule has 0 aliphatic rings. The molecular weight excluding hydrogens is 308 g/mol. The zero-order valence-electron chi connectivity index (χ0n) is 15.1. The Morgan fingerprint density at radius 1 is 0.800 bits per heavy atom. The average Bonchev–Trinajstić information content (AvgIpc) is 2.68. The van der Waals surface area contributed by atoms with E-state index in [1.807, 2.05) is 12.1 Å². The zero-order chi connectivity index (χ0) is 17.5. The maximum absolute atomic E-state index is 4.63. The van der Waals surface area contributed by atoms with Crippen molar-refractivity contribution in [2.45, 2.75) is 20.4 Å². The van der Waals surface area contributed by atoms with E-state index in [0.717, 1.165) is 49.4 Å². The van der Waals surface area contributed by atoms with Gasteiger partial charge in [-0.25, -0.2) is 9.97 Å². The van der Waals surface area contributed by atoms with Crippen LogP contribution in [-0.4, -0.2) is 41.0 Å². The van der Waals surface area contributed by atoms with Gasteiger partial charge in [0.1, 0.15) is 12.1 Å². The summed E-state index contributed by atoms with van der Waals surface area (Å²) in [6.45, 7) is 9.38. The van der Waals surface area contributed by atoms with E-state index in [-0.39, 0.29) is 0 Å². The molecule has 4 heteroatoms. The third kappa shape index (κ3) is 4.34. The summed E-state index contributed by atoms with van der Waals surface area (Å²) in [5.74, 6) is 1.02. The fraction of sp³-hybridized carbons (Fsp3) is 0.333. The van der Waals surface area contributed by atoms with Crippen LogP contribution in [0.15, 0.2) is 60.9 Å². The van der Waals surface area contributed by atoms with Crippen LogP contribution in [0.2, 0.25) is 0 Å². The molecule has 0 radical (unpaired) electrons. The molecule has 0 saturated carbocycles. The molecule has 0 aliphatic carbocycles. The van der Waals surface area contributed by atoms with Gasteiger partial charge in [0.25, 0.3) is 0 Å². The van der Waals surface area contributed by atoms with Crippen molar-refractivity contribution in [3.8, 4) is 0 Å². The van der Waals surface area contributed by atoms with Crippen LogP contribution in [-0.2, 0) is 6.54 Å². The van der Waals surface area contributed by atoms with Crippen LogP contribution in [0.3, 0.4) is 0 Å². The van der Waals surface area contributed by atoms with Crippen molar-refractivity contribution in [2.24, 2.45) is 0 Å². The van der Waals surface area contributed by atoms with Gasteiger partial charge in [0, 0.05) is 25.0 Å². The SMILES string of the molecule is CCN(CC)CCN(Cc1ccccc1)c1ncnc2ccccc12. The Morgan fingerprint density at radius 3 is 2.28 bits per heavy atom. The van der Waals surface area contributed by atoms with Crippen LogP contribution in [0.4, 0.5) is 5.82 Å². The first-order valence-electron chi connectivity index (χ1n) is 9.02. The average molecular weight is 334 g/mol. The lowest BCUT2D eigenvalue weighted by Gasteiger charge is -2.28. The molecule has 1 aromatic heterocycles. The van der Waals surface area contributed by atoms with E-state index < -0.39 is 0 Å². The Morgan fingerprint density at radius 2 is 1.52 bits per heavy atom. The topological polar surface area (TPSA) is 32.3 Å². The monoisotopic (exact) mass is 334 g/mol. The fourth-order valence-corrected chi connectivity index (χ4v) is 3.11. The summed E-state index contributed by atoms with van der Waals surface area (Å²) in [4.78, 5) is 13.9. The summed E-state index contributed by atoms with van der Waals surface area (Å²) in [6, 6.07) is 18.8. The Balaban J connectivity index is 1.91. The minimum atomic E-state index is 0.850. The molecule has 0 unspecified atom stereocenters. The minimum absolute atomic E-state index is 0.850. The third-order valence-electron chi connectivity index (χ3n) is 4.62. The van der Waals surface area contributed by atoms with Crippen LogP contribution < -0.4 is 4.90 Å². The highest BCUT2D eigenvalue weighted by Gasteiger charge is 2.14. The van der Waals surface area contributed by atoms with Crippen molar-refractivity contribution in [1.82, 2.24) is 14.9 Å². The van der Waals surface area contributed by atoms with Crippen LogP contribution in [0.1, 0.15) is 19.4 Å². The Labute approximate surface area is 150 Å². The number of nitrogens with zero attached hydrogens (tertiary/aromatic N) is 4. The summed E-state index contributed by atoms with van der Waals surface area (Å²) in [7, 11) is 0. The highest BCUT2D eigenvalue weighted by Crippen LogP contribution is 2.24. The smallest absolute Gasteiger partial charge is 0.140 e. The molecule has 0 spiro atoms. The van der Waals surface area contributed by atoms with E-state index >= 15 is 0 Å². The number of fused-ring (bicyclic) bond motifs is 1. The maximum Gasteiger partial charge on any atom is 0.140 e. The Bertz CT molecular complexity index is 779. The second kappa shape index (κ2) is 8.58. The summed E-state index contributed by atoms with van der Waals surface area (Å²) in [6.07, 6.45) is 1.67. The number of anilines is 1. The highest BCUT2D eigenvalue weighted by molar-refractivity contribution is 5.89. The molecule has 0 fully saturated rings. The molecule has 130 valence electrons. The molecule has 0 saturated heterocycles. The van der Waals surface area contributed by atoms with E-state index in [0.29, 0.717) is 0 Å². The number of hydrogen-bond donors (Lipinski definition) is 0. The van der Waals surface area contributed by atoms with E-state index in [1.54, 1.807) is 6.33 Å². The van der Waals surface area contributed by atoms with Crippen LogP contribution in [0.5, 0.6) is 0 Å². The number of rotatable bonds is 8. The van der Waals surface area contributed by atoms with Crippen LogP contribution in [0, 0.1) is 0 Å². The third-order valence-corrected chi connectivity index (χ3v) is 4.62. The lowest BCUT2D eigenvalue weighted by molar-refractivity contribution is 0.309. The van der Waals surface area contributed by atoms with E-state index in [4.69, 9.17) is 0 Å². The standard InChI is InChI=1S/C21H26N4/c1-3-24(4-2)14-15-25(16-18-10-6-5-7-11-18)21-19-12-8-9-13-20(19)22-17-23-21/h5-13,17H,3-4,14-16H2,1-2H3. The number of benzene rings is 2. The van der Waals surface area contributed by atoms with Crippen LogP contribution in [0.25, 0.3) is 10.9 Å². The number of aromatic nitrogens is 2. The molecule has 0 N–H and O–H groups in total. The van der Waals surface area contributed by atoms with Gasteiger partial charge >= 0.3 is 0 Å². The molecule has 1 heterocycles. The second-order valence-corrected chi connectivity index (χ2v) is 6.15. The van der Waals surface area contributed by atoms with Gasteiger partial charge in [0.05, 0.1) is 5.52 Å². The summed E-state index contributed by atoms with van der Waals surface area (Å²) < 4.78 is 0. The van der Waals surface area contributed by atoms with E-state index in [2.05, 4.69) is 76.1 Å². The van der Waals surface area contributed by atoms with Gasteiger partial charge in [-0.1, -0.05) is 56.3 Å². The molecule has 0 amide bonds. The number of hydrogen-bond acceptors (Lipinski definition) is 4. The van der Waals surface area contributed by atoms with Crippen molar-refractivity contribution < 1.29 is 0 Å². The number of likely N-dealkylation sites (N-methyl/N-ethyl adjacent to an activating group) is 1. The van der Waals surface area contributed by atoms with Gasteiger partial charge in [0.2, 0.25) is 0 Å². The molecule has 2 aromatic carbocycles. The van der Waals surface area contributed by atoms with Gasteiger partial charge < -0.3 is 9.80 Å². The molecule has 4 nitrogen and oxygen atoms in total. The summed E-state index contributed by atoms with van der Waals surface area (Å²) in [5.41, 5.74) is 2.29. The first-order chi connectivity index (χ1) is 12.3. The zero-order valence-corrected chi connectivity index (χ0v) is 15.1. The molecule has 0 bridgehead atoms. The van der Waals surface area contributed by atoms with E-state index in [9.17, 15) is 0 Å². The molecule has 3 rings (SSSR count). The lowest BCUT2D eigenvalue weighted by Crippen LogP contribution is -2.35. The summed E-state index contributed by atoms with van der Waals surface area (Å²) >= 11 is 0. The van der Waals surface area contributed by atoms with Crippen molar-refractivity contribution in [3.63, 3.8) is 0 Å². The predicted octanol–water partition coefficient (Wildman–Crippen LogP) is 3.98. The van der Waals surface area contributed by atoms with Crippen molar-refractivity contribution in [1.29, 1.82) is 0 Å². The Kier molecular flexibility index (Phi) is 5.96. The van der Waals surface area contributed by atoms with E-state index in [1.165, 1.54) is 5.56 Å². The second-order valence-electron chi connectivity index (χ2n) is 6.15. The molecule has 3 aromatic rings. The lowest BCUT2D eigenvalue weighted by atomic mass is 10.2. The Hall–Kier alpha value is -2.46. The van der Waals surface area contributed by atoms with Crippen molar-refractivity contribution >= 4 is 16.7 Å².